The Balaban J connectivity index is 1.01. The first-order valence-corrected chi connectivity index (χ1v) is 24.4. The lowest BCUT2D eigenvalue weighted by molar-refractivity contribution is 0.00321. The largest absolute Gasteiger partial charge is 0.309 e. The summed E-state index contributed by atoms with van der Waals surface area (Å²) in [5.41, 5.74) is 19.6. The van der Waals surface area contributed by atoms with Crippen LogP contribution in [0.25, 0.3) is 87.8 Å². The van der Waals surface area contributed by atoms with E-state index in [1.54, 1.807) is 11.1 Å². The third kappa shape index (κ3) is 4.08. The Kier molecular flexibility index (Phi) is 6.06. The first-order valence-electron chi connectivity index (χ1n) is 24.4. The van der Waals surface area contributed by atoms with Crippen molar-refractivity contribution in [2.24, 2.45) is 29.1 Å². The van der Waals surface area contributed by atoms with Gasteiger partial charge in [-0.15, -0.1) is 0 Å². The number of benzene rings is 5. The second-order valence-corrected chi connectivity index (χ2v) is 21.8. The molecule has 7 bridgehead atoms. The quantitative estimate of drug-likeness (QED) is 0.178. The van der Waals surface area contributed by atoms with Gasteiger partial charge in [0.15, 0.2) is 0 Å². The first-order chi connectivity index (χ1) is 31.1. The summed E-state index contributed by atoms with van der Waals surface area (Å²) in [4.78, 5) is 11.2. The maximum absolute atomic E-state index is 5.60. The van der Waals surface area contributed by atoms with Crippen molar-refractivity contribution in [2.45, 2.75) is 87.9 Å². The Morgan fingerprint density at radius 3 is 1.60 bits per heavy atom. The van der Waals surface area contributed by atoms with Crippen molar-refractivity contribution in [1.29, 1.82) is 0 Å². The number of hydrogen-bond donors (Lipinski definition) is 0. The molecule has 0 radical (unpaired) electrons. The molecular formula is C59H48N4. The van der Waals surface area contributed by atoms with Crippen LogP contribution in [-0.4, -0.2) is 18.9 Å². The predicted octanol–water partition coefficient (Wildman–Crippen LogP) is 14.8. The summed E-state index contributed by atoms with van der Waals surface area (Å²) in [7, 11) is 0. The van der Waals surface area contributed by atoms with Crippen molar-refractivity contribution in [1.82, 2.24) is 18.9 Å². The van der Waals surface area contributed by atoms with Crippen LogP contribution in [0.3, 0.4) is 0 Å². The maximum Gasteiger partial charge on any atom is 0.0728 e. The van der Waals surface area contributed by atoms with Crippen molar-refractivity contribution in [3.8, 4) is 27.9 Å². The number of fused-ring (bicyclic) bond motifs is 15. The van der Waals surface area contributed by atoms with Crippen molar-refractivity contribution < 1.29 is 0 Å². The zero-order valence-electron chi connectivity index (χ0n) is 35.5. The van der Waals surface area contributed by atoms with Gasteiger partial charge in [0.1, 0.15) is 0 Å². The fraction of sp³-hybridized carbons (Fsp3) is 0.322. The maximum atomic E-state index is 5.60. The molecular weight excluding hydrogens is 765 g/mol. The van der Waals surface area contributed by atoms with E-state index in [2.05, 4.69) is 131 Å². The summed E-state index contributed by atoms with van der Waals surface area (Å²) < 4.78 is 5.28. The number of hydrogen-bond acceptors (Lipinski definition) is 2. The molecule has 1 spiro atoms. The summed E-state index contributed by atoms with van der Waals surface area (Å²) in [5.74, 6) is 5.96. The molecule has 0 saturated heterocycles. The molecule has 7 unspecified atom stereocenters. The van der Waals surface area contributed by atoms with Gasteiger partial charge >= 0.3 is 0 Å². The molecule has 0 N–H and O–H groups in total. The molecule has 0 amide bonds. The molecule has 8 aliphatic carbocycles. The van der Waals surface area contributed by atoms with E-state index in [1.165, 1.54) is 163 Å². The van der Waals surface area contributed by atoms with Crippen LogP contribution >= 0.6 is 0 Å². The monoisotopic (exact) mass is 812 g/mol. The highest BCUT2D eigenvalue weighted by atomic mass is 15.0. The minimum Gasteiger partial charge on any atom is -0.309 e. The molecule has 5 saturated carbocycles. The van der Waals surface area contributed by atoms with E-state index in [1.807, 2.05) is 0 Å². The third-order valence-electron chi connectivity index (χ3n) is 19.1. The predicted molar refractivity (Wildman–Crippen MR) is 255 cm³/mol. The zero-order valence-corrected chi connectivity index (χ0v) is 35.5. The molecule has 18 rings (SSSR count). The Morgan fingerprint density at radius 1 is 0.444 bits per heavy atom. The van der Waals surface area contributed by atoms with Gasteiger partial charge in [0.05, 0.1) is 40.0 Å². The normalized spacial score (nSPS) is 29.7. The van der Waals surface area contributed by atoms with E-state index in [4.69, 9.17) is 9.97 Å². The molecule has 8 aliphatic rings. The fourth-order valence-electron chi connectivity index (χ4n) is 17.0. The number of pyridine rings is 2. The molecule has 10 aromatic rings. The summed E-state index contributed by atoms with van der Waals surface area (Å²) in [5, 5.41) is 8.47. The lowest BCUT2D eigenvalue weighted by Crippen LogP contribution is -2.41. The Morgan fingerprint density at radius 2 is 0.984 bits per heavy atom. The third-order valence-corrected chi connectivity index (χ3v) is 19.1. The molecule has 5 fully saturated rings. The molecule has 7 atom stereocenters. The molecule has 63 heavy (non-hydrogen) atoms. The summed E-state index contributed by atoms with van der Waals surface area (Å²) in [6.45, 7) is 0. The van der Waals surface area contributed by atoms with Crippen LogP contribution in [0.2, 0.25) is 0 Å². The van der Waals surface area contributed by atoms with Gasteiger partial charge in [0.25, 0.3) is 0 Å². The van der Waals surface area contributed by atoms with Gasteiger partial charge < -0.3 is 8.97 Å². The van der Waals surface area contributed by atoms with E-state index in [-0.39, 0.29) is 0 Å². The summed E-state index contributed by atoms with van der Waals surface area (Å²) in [6, 6.07) is 41.5. The van der Waals surface area contributed by atoms with Crippen LogP contribution in [0.4, 0.5) is 0 Å². The van der Waals surface area contributed by atoms with Crippen LogP contribution in [0, 0.1) is 29.1 Å². The van der Waals surface area contributed by atoms with Crippen molar-refractivity contribution >= 4 is 59.9 Å². The van der Waals surface area contributed by atoms with Gasteiger partial charge in [0.2, 0.25) is 0 Å². The minimum atomic E-state index is 0.584. The molecule has 4 nitrogen and oxygen atoms in total. The van der Waals surface area contributed by atoms with Gasteiger partial charge in [-0.2, -0.15) is 0 Å². The smallest absolute Gasteiger partial charge is 0.0728 e. The molecule has 5 aromatic carbocycles. The second kappa shape index (κ2) is 11.4. The van der Waals surface area contributed by atoms with E-state index < -0.39 is 0 Å². The number of rotatable bonds is 3. The number of nitrogens with zero attached hydrogens (tertiary/aromatic N) is 4. The lowest BCUT2D eigenvalue weighted by Gasteiger charge is -2.48. The van der Waals surface area contributed by atoms with E-state index in [0.29, 0.717) is 29.1 Å². The van der Waals surface area contributed by atoms with Gasteiger partial charge in [-0.1, -0.05) is 72.8 Å². The summed E-state index contributed by atoms with van der Waals surface area (Å²) in [6.07, 6.45) is 18.3. The van der Waals surface area contributed by atoms with E-state index in [9.17, 15) is 0 Å². The highest BCUT2D eigenvalue weighted by Gasteiger charge is 2.66. The minimum absolute atomic E-state index is 0.584. The SMILES string of the molecule is c1ccc(-c2ccc3c(c2)c2cc(-c4ccccc4)ccc2n3-c2cc3c4c5c(ncc4n4c6cnc7c(c6c(c2)c34)C2CC3CC4CC7CC43C2)C2CC3CC(C2)CC5C3)cc1. The van der Waals surface area contributed by atoms with E-state index >= 15 is 0 Å². The average molecular weight is 813 g/mol. The Bertz CT molecular complexity index is 3540. The van der Waals surface area contributed by atoms with Gasteiger partial charge in [-0.25, -0.2) is 0 Å². The lowest BCUT2D eigenvalue weighted by atomic mass is 9.56. The van der Waals surface area contributed by atoms with Crippen LogP contribution in [-0.2, 0) is 0 Å². The second-order valence-electron chi connectivity index (χ2n) is 21.8. The van der Waals surface area contributed by atoms with Crippen molar-refractivity contribution in [3.05, 3.63) is 144 Å². The zero-order chi connectivity index (χ0) is 40.4. The van der Waals surface area contributed by atoms with Crippen molar-refractivity contribution in [2.75, 3.05) is 0 Å². The van der Waals surface area contributed by atoms with Crippen LogP contribution in [0.1, 0.15) is 110 Å². The Hall–Kier alpha value is -6.00. The topological polar surface area (TPSA) is 35.1 Å². The van der Waals surface area contributed by atoms with Crippen LogP contribution < -0.4 is 0 Å². The molecule has 0 aliphatic heterocycles. The van der Waals surface area contributed by atoms with Crippen LogP contribution in [0.15, 0.2) is 122 Å². The molecule has 5 aromatic heterocycles. The molecule has 5 heterocycles. The molecule has 4 heteroatoms. The standard InChI is InChI=1S/C59H48N4/c1-3-7-33(8-4-1)35-11-13-48-44(22-35)45-23-36(34-9-5-2-6-10-34)12-14-49(45)62(48)43-25-46-54-50(29-60-56-38-18-31-15-32(19-38)17-37(16-31)52(54)56)63-51-30-61-57-40-21-42-24-41-20-39(27-59(41,42)28-40)53(57)55(51)47(26-43)58(46)63/h1-14,22-23,25-26,29-32,37-42H,15-21,24,27-28H2. The van der Waals surface area contributed by atoms with Crippen molar-refractivity contribution in [3.63, 3.8) is 0 Å². The van der Waals surface area contributed by atoms with Gasteiger partial charge in [-0.05, 0) is 175 Å². The Labute approximate surface area is 366 Å². The highest BCUT2D eigenvalue weighted by Crippen LogP contribution is 2.76. The summed E-state index contributed by atoms with van der Waals surface area (Å²) >= 11 is 0. The first kappa shape index (κ1) is 33.5. The van der Waals surface area contributed by atoms with Gasteiger partial charge in [-0.3, -0.25) is 9.97 Å². The average Bonchev–Trinajstić information content (AvgIpc) is 4.05. The highest BCUT2D eigenvalue weighted by molar-refractivity contribution is 6.26. The van der Waals surface area contributed by atoms with Gasteiger partial charge in [0, 0.05) is 61.2 Å². The fourth-order valence-corrected chi connectivity index (χ4v) is 17.0. The van der Waals surface area contributed by atoms with E-state index in [0.717, 1.165) is 23.7 Å². The number of aromatic nitrogens is 4. The van der Waals surface area contributed by atoms with Crippen LogP contribution in [0.5, 0.6) is 0 Å². The molecule has 304 valence electrons.